The molecule has 18 heavy (non-hydrogen) atoms. The van der Waals surface area contributed by atoms with Crippen LogP contribution in [0.15, 0.2) is 23.2 Å². The summed E-state index contributed by atoms with van der Waals surface area (Å²) in [5, 5.41) is 3.59. The number of guanidine groups is 1. The van der Waals surface area contributed by atoms with Crippen molar-refractivity contribution in [2.75, 3.05) is 12.4 Å². The summed E-state index contributed by atoms with van der Waals surface area (Å²) in [5.74, 6) is 1.79. The Bertz CT molecular complexity index is 462. The maximum atomic E-state index is 6.03. The Morgan fingerprint density at radius 2 is 2.39 bits per heavy atom. The fourth-order valence-corrected chi connectivity index (χ4v) is 2.19. The molecule has 1 fully saturated rings. The molecule has 0 saturated heterocycles. The third-order valence-corrected chi connectivity index (χ3v) is 3.43. The number of hydrogen-bond donors (Lipinski definition) is 2. The largest absolute Gasteiger partial charge is 0.495 e. The summed E-state index contributed by atoms with van der Waals surface area (Å²) in [6, 6.07) is 5.81. The van der Waals surface area contributed by atoms with Gasteiger partial charge >= 0.3 is 0 Å². The van der Waals surface area contributed by atoms with Gasteiger partial charge in [0.1, 0.15) is 5.75 Å². The highest BCUT2D eigenvalue weighted by atomic mass is 35.5. The summed E-state index contributed by atoms with van der Waals surface area (Å²) < 4.78 is 5.09. The molecule has 1 aromatic rings. The van der Waals surface area contributed by atoms with Gasteiger partial charge in [0.25, 0.3) is 0 Å². The Morgan fingerprint density at radius 1 is 1.61 bits per heavy atom. The number of hydrogen-bond acceptors (Lipinski definition) is 2. The van der Waals surface area contributed by atoms with Crippen molar-refractivity contribution in [2.45, 2.75) is 25.8 Å². The predicted octanol–water partition coefficient (Wildman–Crippen LogP) is 2.87. The summed E-state index contributed by atoms with van der Waals surface area (Å²) in [7, 11) is 1.59. The van der Waals surface area contributed by atoms with E-state index in [1.165, 1.54) is 0 Å². The van der Waals surface area contributed by atoms with Gasteiger partial charge in [-0.15, -0.1) is 0 Å². The standard InChI is InChI=1S/C13H18ClN3O/c1-3-8-6-11(8)17-13(15)16-9-4-5-12(18-2)10(14)7-9/h4-5,7-8,11H,3,6H2,1-2H3,(H3,15,16,17)/t8-,11-/m1/s1. The highest BCUT2D eigenvalue weighted by Gasteiger charge is 2.35. The number of ether oxygens (including phenoxy) is 1. The second kappa shape index (κ2) is 5.48. The third kappa shape index (κ3) is 3.07. The van der Waals surface area contributed by atoms with Crippen LogP contribution in [0.5, 0.6) is 5.75 Å². The Balaban J connectivity index is 1.99. The van der Waals surface area contributed by atoms with Gasteiger partial charge in [-0.25, -0.2) is 4.99 Å². The van der Waals surface area contributed by atoms with Gasteiger partial charge in [0, 0.05) is 5.69 Å². The molecule has 0 aliphatic heterocycles. The van der Waals surface area contributed by atoms with Crippen LogP contribution in [0.2, 0.25) is 5.02 Å². The lowest BCUT2D eigenvalue weighted by atomic mass is 10.3. The zero-order valence-electron chi connectivity index (χ0n) is 10.6. The highest BCUT2D eigenvalue weighted by molar-refractivity contribution is 6.32. The second-order valence-corrected chi connectivity index (χ2v) is 4.87. The van der Waals surface area contributed by atoms with Crippen LogP contribution in [0.3, 0.4) is 0 Å². The summed E-state index contributed by atoms with van der Waals surface area (Å²) in [4.78, 5) is 4.42. The first-order chi connectivity index (χ1) is 8.63. The minimum Gasteiger partial charge on any atom is -0.495 e. The van der Waals surface area contributed by atoms with E-state index in [2.05, 4.69) is 17.2 Å². The van der Waals surface area contributed by atoms with Gasteiger partial charge in [-0.1, -0.05) is 24.9 Å². The van der Waals surface area contributed by atoms with Gasteiger partial charge in [0.05, 0.1) is 18.2 Å². The Morgan fingerprint density at radius 3 is 2.94 bits per heavy atom. The molecule has 0 bridgehead atoms. The minimum absolute atomic E-state index is 0.385. The van der Waals surface area contributed by atoms with Gasteiger partial charge in [-0.2, -0.15) is 0 Å². The van der Waals surface area contributed by atoms with Crippen molar-refractivity contribution in [3.05, 3.63) is 23.2 Å². The van der Waals surface area contributed by atoms with Crippen LogP contribution in [0.4, 0.5) is 5.69 Å². The monoisotopic (exact) mass is 267 g/mol. The average molecular weight is 268 g/mol. The summed E-state index contributed by atoms with van der Waals surface area (Å²) >= 11 is 6.03. The van der Waals surface area contributed by atoms with Gasteiger partial charge in [-0.05, 0) is 30.5 Å². The van der Waals surface area contributed by atoms with E-state index in [0.29, 0.717) is 28.7 Å². The van der Waals surface area contributed by atoms with Crippen LogP contribution in [-0.4, -0.2) is 19.1 Å². The summed E-state index contributed by atoms with van der Waals surface area (Å²) in [5.41, 5.74) is 6.66. The van der Waals surface area contributed by atoms with Crippen LogP contribution < -0.4 is 15.8 Å². The normalized spacial score (nSPS) is 22.7. The SMILES string of the molecule is CC[C@@H]1C[C@H]1N=C(N)Nc1ccc(OC)c(Cl)c1. The van der Waals surface area contributed by atoms with Crippen LogP contribution in [0, 0.1) is 5.92 Å². The zero-order valence-corrected chi connectivity index (χ0v) is 11.4. The van der Waals surface area contributed by atoms with E-state index < -0.39 is 0 Å². The molecule has 5 heteroatoms. The summed E-state index contributed by atoms with van der Waals surface area (Å²) in [6.07, 6.45) is 2.30. The maximum absolute atomic E-state index is 6.03. The Kier molecular flexibility index (Phi) is 3.97. The second-order valence-electron chi connectivity index (χ2n) is 4.46. The van der Waals surface area contributed by atoms with Crippen molar-refractivity contribution in [3.8, 4) is 5.75 Å². The van der Waals surface area contributed by atoms with E-state index in [-0.39, 0.29) is 0 Å². The summed E-state index contributed by atoms with van der Waals surface area (Å²) in [6.45, 7) is 2.17. The Labute approximate surface area is 112 Å². The number of nitrogens with zero attached hydrogens (tertiary/aromatic N) is 1. The minimum atomic E-state index is 0.385. The molecule has 0 heterocycles. The first-order valence-electron chi connectivity index (χ1n) is 6.08. The molecule has 1 aliphatic carbocycles. The van der Waals surface area contributed by atoms with Gasteiger partial charge < -0.3 is 15.8 Å². The third-order valence-electron chi connectivity index (χ3n) is 3.14. The molecule has 4 nitrogen and oxygen atoms in total. The number of nitrogens with one attached hydrogen (secondary N) is 1. The fraction of sp³-hybridized carbons (Fsp3) is 0.462. The first kappa shape index (κ1) is 13.0. The van der Waals surface area contributed by atoms with E-state index in [1.54, 1.807) is 19.2 Å². The lowest BCUT2D eigenvalue weighted by Crippen LogP contribution is -2.23. The molecule has 0 unspecified atom stereocenters. The van der Waals surface area contributed by atoms with Gasteiger partial charge in [0.15, 0.2) is 5.96 Å². The number of rotatable bonds is 4. The lowest BCUT2D eigenvalue weighted by Gasteiger charge is -2.08. The van der Waals surface area contributed by atoms with E-state index >= 15 is 0 Å². The van der Waals surface area contributed by atoms with Crippen molar-refractivity contribution in [1.29, 1.82) is 0 Å². The number of nitrogens with two attached hydrogens (primary N) is 1. The van der Waals surface area contributed by atoms with Crippen LogP contribution in [-0.2, 0) is 0 Å². The number of aliphatic imine (C=N–C) groups is 1. The zero-order chi connectivity index (χ0) is 13.1. The maximum Gasteiger partial charge on any atom is 0.193 e. The van der Waals surface area contributed by atoms with Crippen LogP contribution >= 0.6 is 11.6 Å². The topological polar surface area (TPSA) is 59.6 Å². The molecule has 1 aliphatic rings. The molecule has 2 atom stereocenters. The number of halogens is 1. The fourth-order valence-electron chi connectivity index (χ4n) is 1.93. The molecule has 0 amide bonds. The molecule has 3 N–H and O–H groups in total. The van der Waals surface area contributed by atoms with Crippen molar-refractivity contribution >= 4 is 23.2 Å². The lowest BCUT2D eigenvalue weighted by molar-refractivity contribution is 0.415. The van der Waals surface area contributed by atoms with Crippen molar-refractivity contribution in [2.24, 2.45) is 16.6 Å². The molecule has 0 aromatic heterocycles. The molecule has 0 spiro atoms. The molecular weight excluding hydrogens is 250 g/mol. The molecule has 98 valence electrons. The van der Waals surface area contributed by atoms with Gasteiger partial charge in [-0.3, -0.25) is 0 Å². The quantitative estimate of drug-likeness (QED) is 0.651. The smallest absolute Gasteiger partial charge is 0.193 e. The van der Waals surface area contributed by atoms with E-state index in [1.807, 2.05) is 6.07 Å². The number of benzene rings is 1. The number of anilines is 1. The van der Waals surface area contributed by atoms with Crippen molar-refractivity contribution in [1.82, 2.24) is 0 Å². The van der Waals surface area contributed by atoms with E-state index in [9.17, 15) is 0 Å². The number of methoxy groups -OCH3 is 1. The average Bonchev–Trinajstić information content (AvgIpc) is 3.07. The van der Waals surface area contributed by atoms with E-state index in [0.717, 1.165) is 18.5 Å². The molecule has 2 rings (SSSR count). The van der Waals surface area contributed by atoms with Crippen molar-refractivity contribution < 1.29 is 4.74 Å². The molecule has 1 saturated carbocycles. The Hall–Kier alpha value is -1.42. The predicted molar refractivity (Wildman–Crippen MR) is 75.4 cm³/mol. The molecule has 1 aromatic carbocycles. The van der Waals surface area contributed by atoms with E-state index in [4.69, 9.17) is 22.1 Å². The van der Waals surface area contributed by atoms with Crippen molar-refractivity contribution in [3.63, 3.8) is 0 Å². The van der Waals surface area contributed by atoms with Crippen LogP contribution in [0.1, 0.15) is 19.8 Å². The molecule has 0 radical (unpaired) electrons. The molecular formula is C13H18ClN3O. The van der Waals surface area contributed by atoms with Gasteiger partial charge in [0.2, 0.25) is 0 Å². The highest BCUT2D eigenvalue weighted by Crippen LogP contribution is 2.36. The van der Waals surface area contributed by atoms with Crippen LogP contribution in [0.25, 0.3) is 0 Å². The first-order valence-corrected chi connectivity index (χ1v) is 6.45.